The lowest BCUT2D eigenvalue weighted by Gasteiger charge is -2.30. The fraction of sp³-hybridized carbons (Fsp3) is 0.929. The number of carbonyl (C=O) groups excluding carboxylic acids is 1. The molecule has 0 aromatic heterocycles. The molecule has 0 aromatic rings. The Kier molecular flexibility index (Phi) is 4.11. The van der Waals surface area contributed by atoms with Crippen molar-refractivity contribution in [2.75, 3.05) is 13.1 Å². The summed E-state index contributed by atoms with van der Waals surface area (Å²) in [5.74, 6) is 0.597. The monoisotopic (exact) mass is 241 g/mol. The van der Waals surface area contributed by atoms with Crippen molar-refractivity contribution in [1.82, 2.24) is 4.90 Å². The van der Waals surface area contributed by atoms with E-state index in [-0.39, 0.29) is 6.09 Å². The maximum Gasteiger partial charge on any atom is 0.410 e. The number of rotatable bonds is 2. The van der Waals surface area contributed by atoms with Crippen LogP contribution in [0.1, 0.15) is 54.4 Å². The SMILES string of the molecule is CCC(C)(C)C1CCN(C(=O)OC(C)(C)C)C1. The molecule has 1 heterocycles. The van der Waals surface area contributed by atoms with Gasteiger partial charge in [0.25, 0.3) is 0 Å². The first-order valence-electron chi connectivity index (χ1n) is 6.63. The van der Waals surface area contributed by atoms with Crippen LogP contribution in [0.25, 0.3) is 0 Å². The number of hydrogen-bond acceptors (Lipinski definition) is 2. The number of nitrogens with zero attached hydrogens (tertiary/aromatic N) is 1. The van der Waals surface area contributed by atoms with Gasteiger partial charge in [0.05, 0.1) is 0 Å². The summed E-state index contributed by atoms with van der Waals surface area (Å²) in [4.78, 5) is 13.8. The second-order valence-corrected chi connectivity index (χ2v) is 6.75. The molecule has 0 aliphatic carbocycles. The summed E-state index contributed by atoms with van der Waals surface area (Å²) in [7, 11) is 0. The molecule has 1 amide bonds. The standard InChI is InChI=1S/C14H27NO2/c1-7-14(5,6)11-8-9-15(10-11)12(16)17-13(2,3)4/h11H,7-10H2,1-6H3. The van der Waals surface area contributed by atoms with Crippen LogP contribution in [0.2, 0.25) is 0 Å². The van der Waals surface area contributed by atoms with Gasteiger partial charge in [-0.2, -0.15) is 0 Å². The zero-order chi connectivity index (χ0) is 13.3. The van der Waals surface area contributed by atoms with Crippen LogP contribution in [0.5, 0.6) is 0 Å². The van der Waals surface area contributed by atoms with Crippen LogP contribution >= 0.6 is 0 Å². The largest absolute Gasteiger partial charge is 0.444 e. The lowest BCUT2D eigenvalue weighted by Crippen LogP contribution is -2.36. The molecule has 3 nitrogen and oxygen atoms in total. The number of carbonyl (C=O) groups is 1. The van der Waals surface area contributed by atoms with Gasteiger partial charge in [-0.15, -0.1) is 0 Å². The van der Waals surface area contributed by atoms with E-state index in [1.54, 1.807) is 0 Å². The Morgan fingerprint density at radius 1 is 1.29 bits per heavy atom. The molecule has 0 saturated carbocycles. The topological polar surface area (TPSA) is 29.5 Å². The highest BCUT2D eigenvalue weighted by Crippen LogP contribution is 2.37. The lowest BCUT2D eigenvalue weighted by atomic mass is 9.76. The maximum atomic E-state index is 11.9. The Morgan fingerprint density at radius 2 is 1.88 bits per heavy atom. The molecule has 100 valence electrons. The second-order valence-electron chi connectivity index (χ2n) is 6.75. The van der Waals surface area contributed by atoms with Crippen molar-refractivity contribution in [2.45, 2.75) is 60.0 Å². The van der Waals surface area contributed by atoms with Crippen LogP contribution in [0, 0.1) is 11.3 Å². The van der Waals surface area contributed by atoms with Crippen LogP contribution in [-0.2, 0) is 4.74 Å². The predicted molar refractivity (Wildman–Crippen MR) is 70.0 cm³/mol. The minimum Gasteiger partial charge on any atom is -0.444 e. The predicted octanol–water partition coefficient (Wildman–Crippen LogP) is 3.68. The van der Waals surface area contributed by atoms with Crippen molar-refractivity contribution in [3.8, 4) is 0 Å². The van der Waals surface area contributed by atoms with Crippen LogP contribution in [-0.4, -0.2) is 29.7 Å². The first kappa shape index (κ1) is 14.3. The molecule has 3 heteroatoms. The summed E-state index contributed by atoms with van der Waals surface area (Å²) in [6, 6.07) is 0. The Balaban J connectivity index is 2.54. The average molecular weight is 241 g/mol. The van der Waals surface area contributed by atoms with E-state index < -0.39 is 5.60 Å². The number of hydrogen-bond donors (Lipinski definition) is 0. The van der Waals surface area contributed by atoms with Gasteiger partial charge in [-0.25, -0.2) is 4.79 Å². The third-order valence-electron chi connectivity index (χ3n) is 3.86. The third kappa shape index (κ3) is 3.90. The Bertz CT molecular complexity index is 278. The maximum absolute atomic E-state index is 11.9. The highest BCUT2D eigenvalue weighted by Gasteiger charge is 2.36. The number of ether oxygens (including phenoxy) is 1. The molecular weight excluding hydrogens is 214 g/mol. The Morgan fingerprint density at radius 3 is 2.35 bits per heavy atom. The lowest BCUT2D eigenvalue weighted by molar-refractivity contribution is 0.0275. The van der Waals surface area contributed by atoms with E-state index in [2.05, 4.69) is 20.8 Å². The van der Waals surface area contributed by atoms with E-state index in [4.69, 9.17) is 4.74 Å². The molecule has 0 spiro atoms. The van der Waals surface area contributed by atoms with Crippen LogP contribution in [0.4, 0.5) is 4.79 Å². The van der Waals surface area contributed by atoms with Gasteiger partial charge in [0.15, 0.2) is 0 Å². The van der Waals surface area contributed by atoms with Gasteiger partial charge in [0.2, 0.25) is 0 Å². The van der Waals surface area contributed by atoms with Crippen molar-refractivity contribution in [1.29, 1.82) is 0 Å². The summed E-state index contributed by atoms with van der Waals surface area (Å²) in [6.07, 6.45) is 2.09. The Labute approximate surface area is 106 Å². The smallest absolute Gasteiger partial charge is 0.410 e. The first-order chi connectivity index (χ1) is 7.65. The molecule has 17 heavy (non-hydrogen) atoms. The van der Waals surface area contributed by atoms with Crippen LogP contribution in [0.3, 0.4) is 0 Å². The molecule has 1 rings (SSSR count). The van der Waals surface area contributed by atoms with Crippen molar-refractivity contribution in [3.05, 3.63) is 0 Å². The summed E-state index contributed by atoms with van der Waals surface area (Å²) in [5, 5.41) is 0. The molecule has 1 fully saturated rings. The molecule has 0 N–H and O–H groups in total. The number of amides is 1. The van der Waals surface area contributed by atoms with E-state index in [1.807, 2.05) is 25.7 Å². The molecular formula is C14H27NO2. The molecule has 1 aliphatic heterocycles. The van der Waals surface area contributed by atoms with Gasteiger partial charge < -0.3 is 9.64 Å². The summed E-state index contributed by atoms with van der Waals surface area (Å²) >= 11 is 0. The zero-order valence-corrected chi connectivity index (χ0v) is 12.2. The van der Waals surface area contributed by atoms with Crippen molar-refractivity contribution in [2.24, 2.45) is 11.3 Å². The minimum absolute atomic E-state index is 0.160. The van der Waals surface area contributed by atoms with Crippen molar-refractivity contribution >= 4 is 6.09 Å². The summed E-state index contributed by atoms with van der Waals surface area (Å²) in [5.41, 5.74) is -0.0772. The van der Waals surface area contributed by atoms with Gasteiger partial charge in [0, 0.05) is 13.1 Å². The minimum atomic E-state index is -0.393. The van der Waals surface area contributed by atoms with Gasteiger partial charge >= 0.3 is 6.09 Å². The van der Waals surface area contributed by atoms with Gasteiger partial charge in [-0.1, -0.05) is 27.2 Å². The summed E-state index contributed by atoms with van der Waals surface area (Å²) in [6.45, 7) is 14.2. The van der Waals surface area contributed by atoms with E-state index in [9.17, 15) is 4.79 Å². The van der Waals surface area contributed by atoms with Gasteiger partial charge in [-0.05, 0) is 38.5 Å². The molecule has 0 bridgehead atoms. The molecule has 1 saturated heterocycles. The van der Waals surface area contributed by atoms with Gasteiger partial charge in [-0.3, -0.25) is 0 Å². The van der Waals surface area contributed by atoms with E-state index in [0.717, 1.165) is 25.9 Å². The van der Waals surface area contributed by atoms with Crippen LogP contribution < -0.4 is 0 Å². The number of likely N-dealkylation sites (tertiary alicyclic amines) is 1. The highest BCUT2D eigenvalue weighted by atomic mass is 16.6. The molecule has 1 aliphatic rings. The van der Waals surface area contributed by atoms with Crippen molar-refractivity contribution < 1.29 is 9.53 Å². The second kappa shape index (κ2) is 4.87. The summed E-state index contributed by atoms with van der Waals surface area (Å²) < 4.78 is 5.40. The Hall–Kier alpha value is -0.730. The molecule has 0 radical (unpaired) electrons. The molecule has 1 atom stereocenters. The third-order valence-corrected chi connectivity index (χ3v) is 3.86. The van der Waals surface area contributed by atoms with Gasteiger partial charge in [0.1, 0.15) is 5.60 Å². The van der Waals surface area contributed by atoms with Crippen LogP contribution in [0.15, 0.2) is 0 Å². The fourth-order valence-corrected chi connectivity index (χ4v) is 2.18. The van der Waals surface area contributed by atoms with E-state index >= 15 is 0 Å². The van der Waals surface area contributed by atoms with E-state index in [1.165, 1.54) is 0 Å². The van der Waals surface area contributed by atoms with Crippen molar-refractivity contribution in [3.63, 3.8) is 0 Å². The first-order valence-corrected chi connectivity index (χ1v) is 6.63. The average Bonchev–Trinajstić information content (AvgIpc) is 2.64. The quantitative estimate of drug-likeness (QED) is 0.738. The normalized spacial score (nSPS) is 21.8. The molecule has 0 aromatic carbocycles. The fourth-order valence-electron chi connectivity index (χ4n) is 2.18. The highest BCUT2D eigenvalue weighted by molar-refractivity contribution is 5.68. The zero-order valence-electron chi connectivity index (χ0n) is 12.2. The molecule has 1 unspecified atom stereocenters. The van der Waals surface area contributed by atoms with E-state index in [0.29, 0.717) is 11.3 Å².